The second-order valence-corrected chi connectivity index (χ2v) is 6.00. The predicted octanol–water partition coefficient (Wildman–Crippen LogP) is 3.97. The second-order valence-electron chi connectivity index (χ2n) is 6.00. The van der Waals surface area contributed by atoms with Crippen LogP contribution in [0, 0.1) is 0 Å². The van der Waals surface area contributed by atoms with Gasteiger partial charge in [-0.05, 0) is 50.6 Å². The number of benzene rings is 2. The molecule has 0 aliphatic carbocycles. The minimum absolute atomic E-state index is 0.0869. The Hall–Kier alpha value is -3.02. The summed E-state index contributed by atoms with van der Waals surface area (Å²) < 4.78 is 11.2. The maximum atomic E-state index is 12.2. The van der Waals surface area contributed by atoms with Crippen LogP contribution < -0.4 is 14.8 Å². The largest absolute Gasteiger partial charge is 0.494 e. The molecule has 0 unspecified atom stereocenters. The zero-order valence-corrected chi connectivity index (χ0v) is 14.9. The summed E-state index contributed by atoms with van der Waals surface area (Å²) >= 11 is 0. The van der Waals surface area contributed by atoms with Crippen LogP contribution in [0.5, 0.6) is 11.5 Å². The summed E-state index contributed by atoms with van der Waals surface area (Å²) in [6, 6.07) is 13.8. The van der Waals surface area contributed by atoms with Crippen molar-refractivity contribution in [3.63, 3.8) is 0 Å². The molecule has 1 amide bonds. The molecule has 0 saturated heterocycles. The van der Waals surface area contributed by atoms with E-state index >= 15 is 0 Å². The van der Waals surface area contributed by atoms with E-state index in [1.807, 2.05) is 44.2 Å². The number of hydrogen-bond acceptors (Lipinski definition) is 4. The van der Waals surface area contributed by atoms with Crippen molar-refractivity contribution < 1.29 is 24.2 Å². The lowest BCUT2D eigenvalue weighted by atomic mass is 10.1. The van der Waals surface area contributed by atoms with Gasteiger partial charge in [-0.3, -0.25) is 4.79 Å². The van der Waals surface area contributed by atoms with Crippen molar-refractivity contribution in [1.82, 2.24) is 0 Å². The molecule has 2 aromatic carbocycles. The Balaban J connectivity index is 1.91. The fraction of sp³-hybridized carbons (Fsp3) is 0.300. The molecule has 26 heavy (non-hydrogen) atoms. The van der Waals surface area contributed by atoms with E-state index < -0.39 is 5.97 Å². The van der Waals surface area contributed by atoms with Crippen LogP contribution in [-0.2, 0) is 4.79 Å². The molecule has 2 rings (SSSR count). The Morgan fingerprint density at radius 1 is 1.12 bits per heavy atom. The number of anilines is 1. The number of amides is 1. The molecule has 6 heteroatoms. The van der Waals surface area contributed by atoms with Gasteiger partial charge in [0.15, 0.2) is 0 Å². The topological polar surface area (TPSA) is 84.9 Å². The molecule has 0 fully saturated rings. The van der Waals surface area contributed by atoms with Gasteiger partial charge in [0.1, 0.15) is 11.5 Å². The van der Waals surface area contributed by atoms with Crippen LogP contribution in [-0.4, -0.2) is 29.7 Å². The Kier molecular flexibility index (Phi) is 7.02. The summed E-state index contributed by atoms with van der Waals surface area (Å²) in [5, 5.41) is 11.9. The van der Waals surface area contributed by atoms with E-state index in [4.69, 9.17) is 14.6 Å². The molecular formula is C20H23NO5. The van der Waals surface area contributed by atoms with Crippen LogP contribution in [0.15, 0.2) is 48.5 Å². The highest BCUT2D eigenvalue weighted by Gasteiger charge is 2.13. The fourth-order valence-electron chi connectivity index (χ4n) is 2.27. The van der Waals surface area contributed by atoms with Gasteiger partial charge < -0.3 is 19.9 Å². The number of para-hydroxylation sites is 1. The molecule has 0 bridgehead atoms. The van der Waals surface area contributed by atoms with Gasteiger partial charge in [0.25, 0.3) is 0 Å². The summed E-state index contributed by atoms with van der Waals surface area (Å²) in [7, 11) is 0. The van der Waals surface area contributed by atoms with E-state index in [0.29, 0.717) is 24.5 Å². The molecular weight excluding hydrogens is 334 g/mol. The molecule has 138 valence electrons. The number of aromatic carboxylic acids is 1. The summed E-state index contributed by atoms with van der Waals surface area (Å²) in [6.45, 7) is 4.14. The zero-order chi connectivity index (χ0) is 18.9. The number of carboxylic acids is 1. The zero-order valence-electron chi connectivity index (χ0n) is 14.9. The molecule has 0 heterocycles. The third-order valence-corrected chi connectivity index (χ3v) is 3.42. The van der Waals surface area contributed by atoms with Crippen molar-refractivity contribution in [2.75, 3.05) is 11.9 Å². The average Bonchev–Trinajstić information content (AvgIpc) is 2.60. The van der Waals surface area contributed by atoms with Gasteiger partial charge in [0.05, 0.1) is 24.0 Å². The molecule has 0 saturated carbocycles. The molecule has 0 atom stereocenters. The van der Waals surface area contributed by atoms with Crippen LogP contribution >= 0.6 is 0 Å². The molecule has 0 aromatic heterocycles. The first kappa shape index (κ1) is 19.3. The Labute approximate surface area is 152 Å². The summed E-state index contributed by atoms with van der Waals surface area (Å²) in [6.07, 6.45) is 0.700. The third-order valence-electron chi connectivity index (χ3n) is 3.42. The van der Waals surface area contributed by atoms with Crippen molar-refractivity contribution in [2.24, 2.45) is 0 Å². The van der Waals surface area contributed by atoms with E-state index in [0.717, 1.165) is 5.75 Å². The molecule has 2 aromatic rings. The number of nitrogens with one attached hydrogen (secondary N) is 1. The standard InChI is InChI=1S/C20H23NO5/c1-14(2)26-18-11-10-15(20(23)24)13-17(18)21-19(22)9-6-12-25-16-7-4-3-5-8-16/h3-5,7-8,10-11,13-14H,6,9,12H2,1-2H3,(H,21,22)(H,23,24). The molecule has 0 aliphatic rings. The quantitative estimate of drug-likeness (QED) is 0.663. The van der Waals surface area contributed by atoms with Crippen LogP contribution in [0.3, 0.4) is 0 Å². The number of rotatable bonds is 9. The molecule has 6 nitrogen and oxygen atoms in total. The average molecular weight is 357 g/mol. The maximum absolute atomic E-state index is 12.2. The van der Waals surface area contributed by atoms with Gasteiger partial charge in [-0.2, -0.15) is 0 Å². The molecule has 2 N–H and O–H groups in total. The number of hydrogen-bond donors (Lipinski definition) is 2. The molecule has 0 spiro atoms. The van der Waals surface area contributed by atoms with Crippen LogP contribution in [0.25, 0.3) is 0 Å². The first-order valence-corrected chi connectivity index (χ1v) is 8.47. The van der Waals surface area contributed by atoms with E-state index in [2.05, 4.69) is 5.32 Å². The lowest BCUT2D eigenvalue weighted by molar-refractivity contribution is -0.116. The second kappa shape index (κ2) is 9.46. The minimum atomic E-state index is -1.06. The lowest BCUT2D eigenvalue weighted by Gasteiger charge is -2.15. The van der Waals surface area contributed by atoms with Crippen molar-refractivity contribution >= 4 is 17.6 Å². The van der Waals surface area contributed by atoms with Crippen LogP contribution in [0.2, 0.25) is 0 Å². The third kappa shape index (κ3) is 6.12. The fourth-order valence-corrected chi connectivity index (χ4v) is 2.27. The normalized spacial score (nSPS) is 10.4. The van der Waals surface area contributed by atoms with Crippen molar-refractivity contribution in [1.29, 1.82) is 0 Å². The highest BCUT2D eigenvalue weighted by atomic mass is 16.5. The van der Waals surface area contributed by atoms with E-state index in [1.54, 1.807) is 6.07 Å². The Bertz CT molecular complexity index is 743. The Morgan fingerprint density at radius 3 is 2.50 bits per heavy atom. The van der Waals surface area contributed by atoms with Gasteiger partial charge in [0, 0.05) is 6.42 Å². The Morgan fingerprint density at radius 2 is 1.85 bits per heavy atom. The summed E-state index contributed by atoms with van der Waals surface area (Å²) in [5.74, 6) is -0.0840. The number of carboxylic acid groups (broad SMARTS) is 1. The van der Waals surface area contributed by atoms with E-state index in [1.165, 1.54) is 12.1 Å². The van der Waals surface area contributed by atoms with Crippen molar-refractivity contribution in [3.05, 3.63) is 54.1 Å². The SMILES string of the molecule is CC(C)Oc1ccc(C(=O)O)cc1NC(=O)CCCOc1ccccc1. The van der Waals surface area contributed by atoms with Gasteiger partial charge in [-0.15, -0.1) is 0 Å². The van der Waals surface area contributed by atoms with Gasteiger partial charge in [-0.25, -0.2) is 4.79 Å². The number of ether oxygens (including phenoxy) is 2. The highest BCUT2D eigenvalue weighted by Crippen LogP contribution is 2.27. The summed E-state index contributed by atoms with van der Waals surface area (Å²) in [5.41, 5.74) is 0.441. The highest BCUT2D eigenvalue weighted by molar-refractivity contribution is 5.95. The van der Waals surface area contributed by atoms with Crippen LogP contribution in [0.1, 0.15) is 37.0 Å². The molecule has 0 aliphatic heterocycles. The summed E-state index contributed by atoms with van der Waals surface area (Å²) in [4.78, 5) is 23.3. The first-order valence-electron chi connectivity index (χ1n) is 8.47. The lowest BCUT2D eigenvalue weighted by Crippen LogP contribution is -2.15. The van der Waals surface area contributed by atoms with Crippen molar-refractivity contribution in [3.8, 4) is 11.5 Å². The van der Waals surface area contributed by atoms with Gasteiger partial charge >= 0.3 is 5.97 Å². The first-order chi connectivity index (χ1) is 12.5. The van der Waals surface area contributed by atoms with E-state index in [9.17, 15) is 9.59 Å². The number of carbonyl (C=O) groups excluding carboxylic acids is 1. The van der Waals surface area contributed by atoms with Gasteiger partial charge in [0.2, 0.25) is 5.91 Å². The number of carbonyl (C=O) groups is 2. The smallest absolute Gasteiger partial charge is 0.335 e. The van der Waals surface area contributed by atoms with Crippen LogP contribution in [0.4, 0.5) is 5.69 Å². The maximum Gasteiger partial charge on any atom is 0.335 e. The predicted molar refractivity (Wildman–Crippen MR) is 99.0 cm³/mol. The van der Waals surface area contributed by atoms with Crippen molar-refractivity contribution in [2.45, 2.75) is 32.8 Å². The van der Waals surface area contributed by atoms with Gasteiger partial charge in [-0.1, -0.05) is 18.2 Å². The van der Waals surface area contributed by atoms with E-state index in [-0.39, 0.29) is 24.0 Å². The minimum Gasteiger partial charge on any atom is -0.494 e. The monoisotopic (exact) mass is 357 g/mol. The molecule has 0 radical (unpaired) electrons.